The Kier molecular flexibility index (Phi) is 5.84. The Morgan fingerprint density at radius 1 is 1.11 bits per heavy atom. The molecule has 0 spiro atoms. The van der Waals surface area contributed by atoms with Gasteiger partial charge in [0.25, 0.3) is 0 Å². The summed E-state index contributed by atoms with van der Waals surface area (Å²) in [6, 6.07) is 2.22. The lowest BCUT2D eigenvalue weighted by molar-refractivity contribution is 0.393. The fourth-order valence-electron chi connectivity index (χ4n) is 2.77. The third-order valence-electron chi connectivity index (χ3n) is 4.26. The number of rotatable bonds is 7. The number of hydrogen-bond donors (Lipinski definition) is 0. The first-order chi connectivity index (χ1) is 8.53. The van der Waals surface area contributed by atoms with E-state index in [9.17, 15) is 0 Å². The summed E-state index contributed by atoms with van der Waals surface area (Å²) in [5.74, 6) is 0. The van der Waals surface area contributed by atoms with Crippen LogP contribution in [-0.2, 0) is 5.41 Å². The van der Waals surface area contributed by atoms with Crippen LogP contribution < -0.4 is 0 Å². The van der Waals surface area contributed by atoms with E-state index in [1.807, 2.05) is 0 Å². The summed E-state index contributed by atoms with van der Waals surface area (Å²) < 4.78 is 0. The highest BCUT2D eigenvalue weighted by Gasteiger charge is 2.25. The van der Waals surface area contributed by atoms with E-state index in [1.165, 1.54) is 49.7 Å². The van der Waals surface area contributed by atoms with Gasteiger partial charge in [0.2, 0.25) is 0 Å². The highest BCUT2D eigenvalue weighted by molar-refractivity contribution is 5.31. The van der Waals surface area contributed by atoms with Crippen LogP contribution >= 0.6 is 0 Å². The minimum absolute atomic E-state index is 0.304. The molecule has 0 bridgehead atoms. The van der Waals surface area contributed by atoms with Crippen LogP contribution in [0.15, 0.2) is 12.3 Å². The van der Waals surface area contributed by atoms with Crippen molar-refractivity contribution < 1.29 is 0 Å². The smallest absolute Gasteiger partial charge is 0.0375 e. The lowest BCUT2D eigenvalue weighted by Gasteiger charge is -2.30. The monoisotopic (exact) mass is 247 g/mol. The second-order valence-electron chi connectivity index (χ2n) is 5.87. The highest BCUT2D eigenvalue weighted by atomic mass is 14.7. The lowest BCUT2D eigenvalue weighted by Crippen LogP contribution is -2.22. The summed E-state index contributed by atoms with van der Waals surface area (Å²) in [6.45, 7) is 11.3. The molecule has 0 N–H and O–H groups in total. The molecular weight excluding hydrogens is 218 g/mol. The fraction of sp³-hybridized carbons (Fsp3) is 0.706. The zero-order valence-electron chi connectivity index (χ0n) is 12.8. The maximum absolute atomic E-state index is 4.50. The zero-order chi connectivity index (χ0) is 13.6. The summed E-state index contributed by atoms with van der Waals surface area (Å²) in [7, 11) is 0. The Morgan fingerprint density at radius 3 is 2.39 bits per heavy atom. The second-order valence-corrected chi connectivity index (χ2v) is 5.87. The van der Waals surface area contributed by atoms with Crippen molar-refractivity contribution in [2.24, 2.45) is 0 Å². The van der Waals surface area contributed by atoms with Gasteiger partial charge in [-0.05, 0) is 49.3 Å². The standard InChI is InChI=1S/C17H29N/c1-6-8-9-10-11-17(5,7-2)16-13-18-15(4)12-14(16)3/h12-13H,6-11H2,1-5H3. The van der Waals surface area contributed by atoms with E-state index in [0.29, 0.717) is 5.41 Å². The normalized spacial score (nSPS) is 14.5. The molecule has 102 valence electrons. The molecule has 0 aliphatic carbocycles. The van der Waals surface area contributed by atoms with Crippen molar-refractivity contribution in [1.29, 1.82) is 0 Å². The molecule has 1 unspecified atom stereocenters. The molecule has 0 aliphatic rings. The summed E-state index contributed by atoms with van der Waals surface area (Å²) >= 11 is 0. The Bertz CT molecular complexity index is 370. The first-order valence-corrected chi connectivity index (χ1v) is 7.47. The molecule has 0 aromatic carbocycles. The fourth-order valence-corrected chi connectivity index (χ4v) is 2.77. The number of aryl methyl sites for hydroxylation is 2. The predicted octanol–water partition coefficient (Wildman–Crippen LogP) is 5.34. The molecule has 0 radical (unpaired) electrons. The molecule has 1 rings (SSSR count). The van der Waals surface area contributed by atoms with Gasteiger partial charge < -0.3 is 0 Å². The van der Waals surface area contributed by atoms with Gasteiger partial charge in [0.05, 0.1) is 0 Å². The topological polar surface area (TPSA) is 12.9 Å². The number of hydrogen-bond acceptors (Lipinski definition) is 1. The van der Waals surface area contributed by atoms with Crippen LogP contribution in [-0.4, -0.2) is 4.98 Å². The van der Waals surface area contributed by atoms with Gasteiger partial charge in [-0.3, -0.25) is 4.98 Å². The van der Waals surface area contributed by atoms with Crippen molar-refractivity contribution in [2.75, 3.05) is 0 Å². The highest BCUT2D eigenvalue weighted by Crippen LogP contribution is 2.34. The predicted molar refractivity (Wildman–Crippen MR) is 80.1 cm³/mol. The van der Waals surface area contributed by atoms with Crippen molar-refractivity contribution in [3.63, 3.8) is 0 Å². The average Bonchev–Trinajstić information content (AvgIpc) is 2.34. The lowest BCUT2D eigenvalue weighted by atomic mass is 9.75. The minimum atomic E-state index is 0.304. The van der Waals surface area contributed by atoms with Gasteiger partial charge in [0, 0.05) is 11.9 Å². The second kappa shape index (κ2) is 6.92. The quantitative estimate of drug-likeness (QED) is 0.593. The summed E-state index contributed by atoms with van der Waals surface area (Å²) in [6.07, 6.45) is 9.97. The molecule has 0 amide bonds. The van der Waals surface area contributed by atoms with Crippen LogP contribution in [0.1, 0.15) is 76.1 Å². The maximum Gasteiger partial charge on any atom is 0.0375 e. The zero-order valence-corrected chi connectivity index (χ0v) is 12.8. The molecule has 18 heavy (non-hydrogen) atoms. The number of nitrogens with zero attached hydrogens (tertiary/aromatic N) is 1. The Labute approximate surface area is 113 Å². The van der Waals surface area contributed by atoms with Gasteiger partial charge in [-0.1, -0.05) is 46.5 Å². The summed E-state index contributed by atoms with van der Waals surface area (Å²) in [5, 5.41) is 0. The number of aromatic nitrogens is 1. The van der Waals surface area contributed by atoms with Crippen LogP contribution in [0.2, 0.25) is 0 Å². The molecule has 1 atom stereocenters. The van der Waals surface area contributed by atoms with E-state index in [-0.39, 0.29) is 0 Å². The number of unbranched alkanes of at least 4 members (excludes halogenated alkanes) is 3. The largest absolute Gasteiger partial charge is 0.261 e. The molecule has 1 heterocycles. The molecule has 0 saturated carbocycles. The van der Waals surface area contributed by atoms with Crippen molar-refractivity contribution in [2.45, 2.75) is 78.6 Å². The molecule has 1 nitrogen and oxygen atoms in total. The van der Waals surface area contributed by atoms with Crippen LogP contribution in [0.4, 0.5) is 0 Å². The van der Waals surface area contributed by atoms with Gasteiger partial charge in [-0.15, -0.1) is 0 Å². The van der Waals surface area contributed by atoms with Crippen molar-refractivity contribution in [1.82, 2.24) is 4.98 Å². The molecule has 1 aromatic rings. The molecule has 1 aromatic heterocycles. The molecular formula is C17H29N. The third-order valence-corrected chi connectivity index (χ3v) is 4.26. The van der Waals surface area contributed by atoms with E-state index in [2.05, 4.69) is 51.9 Å². The van der Waals surface area contributed by atoms with Gasteiger partial charge in [0.1, 0.15) is 0 Å². The third kappa shape index (κ3) is 3.83. The van der Waals surface area contributed by atoms with E-state index >= 15 is 0 Å². The van der Waals surface area contributed by atoms with Crippen molar-refractivity contribution >= 4 is 0 Å². The Hall–Kier alpha value is -0.850. The SMILES string of the molecule is CCCCCCC(C)(CC)c1cnc(C)cc1C. The van der Waals surface area contributed by atoms with Crippen LogP contribution in [0.5, 0.6) is 0 Å². The van der Waals surface area contributed by atoms with Crippen molar-refractivity contribution in [3.8, 4) is 0 Å². The maximum atomic E-state index is 4.50. The first-order valence-electron chi connectivity index (χ1n) is 7.47. The van der Waals surface area contributed by atoms with Crippen LogP contribution in [0.3, 0.4) is 0 Å². The number of pyridine rings is 1. The average molecular weight is 247 g/mol. The van der Waals surface area contributed by atoms with E-state index in [4.69, 9.17) is 0 Å². The van der Waals surface area contributed by atoms with E-state index in [0.717, 1.165) is 5.69 Å². The van der Waals surface area contributed by atoms with Gasteiger partial charge in [0.15, 0.2) is 0 Å². The van der Waals surface area contributed by atoms with E-state index in [1.54, 1.807) is 0 Å². The van der Waals surface area contributed by atoms with Crippen LogP contribution in [0.25, 0.3) is 0 Å². The molecule has 0 fully saturated rings. The van der Waals surface area contributed by atoms with Crippen LogP contribution in [0, 0.1) is 13.8 Å². The minimum Gasteiger partial charge on any atom is -0.261 e. The first kappa shape index (κ1) is 15.2. The molecule has 0 saturated heterocycles. The van der Waals surface area contributed by atoms with Gasteiger partial charge in [-0.2, -0.15) is 0 Å². The Balaban J connectivity index is 2.79. The Morgan fingerprint density at radius 2 is 1.83 bits per heavy atom. The summed E-state index contributed by atoms with van der Waals surface area (Å²) in [4.78, 5) is 4.50. The van der Waals surface area contributed by atoms with Gasteiger partial charge >= 0.3 is 0 Å². The van der Waals surface area contributed by atoms with E-state index < -0.39 is 0 Å². The molecule has 1 heteroatoms. The molecule has 0 aliphatic heterocycles. The summed E-state index contributed by atoms with van der Waals surface area (Å²) in [5.41, 5.74) is 4.29. The van der Waals surface area contributed by atoms with Gasteiger partial charge in [-0.25, -0.2) is 0 Å². The van der Waals surface area contributed by atoms with Crippen molar-refractivity contribution in [3.05, 3.63) is 29.1 Å².